The molecule has 31 heavy (non-hydrogen) atoms. The number of hydrogen-bond acceptors (Lipinski definition) is 8. The first kappa shape index (κ1) is 22.9. The molecule has 12 heteroatoms. The normalized spacial score (nSPS) is 11.4. The van der Waals surface area contributed by atoms with Gasteiger partial charge in [-0.15, -0.1) is 10.2 Å². The molecule has 3 aromatic rings. The number of ether oxygens (including phenoxy) is 1. The van der Waals surface area contributed by atoms with Crippen molar-refractivity contribution in [3.63, 3.8) is 0 Å². The fraction of sp³-hybridized carbons (Fsp3) is 0.316. The number of nitrogens with zero attached hydrogens (tertiary/aromatic N) is 3. The molecule has 0 saturated heterocycles. The lowest BCUT2D eigenvalue weighted by Crippen LogP contribution is -2.39. The van der Waals surface area contributed by atoms with Gasteiger partial charge in [0.25, 0.3) is 0 Å². The molecule has 0 atom stereocenters. The first-order chi connectivity index (χ1) is 14.8. The van der Waals surface area contributed by atoms with Crippen molar-refractivity contribution in [3.8, 4) is 5.75 Å². The van der Waals surface area contributed by atoms with Crippen molar-refractivity contribution < 1.29 is 27.1 Å². The summed E-state index contributed by atoms with van der Waals surface area (Å²) in [7, 11) is 0. The number of nitrogens with one attached hydrogen (secondary N) is 1. The van der Waals surface area contributed by atoms with Crippen molar-refractivity contribution in [1.29, 1.82) is 0 Å². The molecule has 1 N–H and O–H groups in total. The maximum Gasteiger partial charge on any atom is 0.406 e. The number of anilines is 2. The summed E-state index contributed by atoms with van der Waals surface area (Å²) in [6.45, 7) is 0.763. The van der Waals surface area contributed by atoms with Gasteiger partial charge in [-0.3, -0.25) is 4.79 Å². The van der Waals surface area contributed by atoms with Crippen molar-refractivity contribution in [2.75, 3.05) is 24.2 Å². The van der Waals surface area contributed by atoms with Gasteiger partial charge in [0, 0.05) is 0 Å². The van der Waals surface area contributed by atoms with Crippen LogP contribution >= 0.6 is 23.1 Å². The molecule has 0 radical (unpaired) electrons. The number of halogens is 3. The lowest BCUT2D eigenvalue weighted by Gasteiger charge is -2.22. The Labute approximate surface area is 184 Å². The van der Waals surface area contributed by atoms with Gasteiger partial charge in [-0.1, -0.05) is 35.2 Å². The number of benzene rings is 1. The molecule has 0 spiro atoms. The van der Waals surface area contributed by atoms with Gasteiger partial charge in [0.2, 0.25) is 11.0 Å². The zero-order valence-electron chi connectivity index (χ0n) is 16.4. The summed E-state index contributed by atoms with van der Waals surface area (Å²) in [4.78, 5) is 13.1. The second-order valence-electron chi connectivity index (χ2n) is 6.16. The Bertz CT molecular complexity index is 980. The first-order valence-corrected chi connectivity index (χ1v) is 11.0. The molecule has 2 aromatic heterocycles. The number of thioether (sulfide) groups is 1. The van der Waals surface area contributed by atoms with Crippen LogP contribution in [-0.2, 0) is 11.3 Å². The molecule has 1 amide bonds. The quantitative estimate of drug-likeness (QED) is 0.418. The summed E-state index contributed by atoms with van der Waals surface area (Å²) >= 11 is 2.22. The minimum atomic E-state index is -4.51. The predicted octanol–water partition coefficient (Wildman–Crippen LogP) is 4.96. The van der Waals surface area contributed by atoms with Crippen molar-refractivity contribution in [2.45, 2.75) is 24.0 Å². The summed E-state index contributed by atoms with van der Waals surface area (Å²) in [5.74, 6) is 0.0504. The lowest BCUT2D eigenvalue weighted by molar-refractivity contribution is -0.161. The third kappa shape index (κ3) is 7.17. The Balaban J connectivity index is 1.60. The Kier molecular flexibility index (Phi) is 7.80. The van der Waals surface area contributed by atoms with Crippen LogP contribution in [0.2, 0.25) is 0 Å². The van der Waals surface area contributed by atoms with Gasteiger partial charge in [0.15, 0.2) is 4.34 Å². The van der Waals surface area contributed by atoms with Crippen LogP contribution in [0.15, 0.2) is 51.4 Å². The van der Waals surface area contributed by atoms with Crippen molar-refractivity contribution in [1.82, 2.24) is 15.1 Å². The highest BCUT2D eigenvalue weighted by molar-refractivity contribution is 8.01. The number of hydrogen-bond donors (Lipinski definition) is 1. The number of furan rings is 1. The van der Waals surface area contributed by atoms with E-state index in [9.17, 15) is 18.0 Å². The Hall–Kier alpha value is -2.73. The van der Waals surface area contributed by atoms with Crippen molar-refractivity contribution in [3.05, 3.63) is 48.4 Å². The molecule has 1 aromatic carbocycles. The number of rotatable bonds is 10. The molecule has 7 nitrogen and oxygen atoms in total. The Morgan fingerprint density at radius 3 is 2.77 bits per heavy atom. The number of aromatic nitrogens is 2. The molecule has 0 fully saturated rings. The van der Waals surface area contributed by atoms with Crippen LogP contribution in [0.5, 0.6) is 5.75 Å². The standard InChI is InChI=1S/C19H19F3N4O3S2/c1-2-28-15-8-4-3-7-14(15)23-17-24-25-18(31-17)30-11-16(27)26(12-19(20,21)22)10-13-6-5-9-29-13/h3-9H,2,10-12H2,1H3,(H,23,24). The van der Waals surface area contributed by atoms with E-state index in [2.05, 4.69) is 15.5 Å². The molecule has 2 heterocycles. The van der Waals surface area contributed by atoms with Gasteiger partial charge in [0.1, 0.15) is 18.1 Å². The summed E-state index contributed by atoms with van der Waals surface area (Å²) in [6, 6.07) is 10.4. The third-order valence-electron chi connectivity index (χ3n) is 3.80. The van der Waals surface area contributed by atoms with E-state index in [0.717, 1.165) is 11.8 Å². The number of amides is 1. The zero-order chi connectivity index (χ0) is 22.3. The van der Waals surface area contributed by atoms with E-state index in [1.807, 2.05) is 31.2 Å². The first-order valence-electron chi connectivity index (χ1n) is 9.16. The molecule has 0 aliphatic carbocycles. The highest BCUT2D eigenvalue weighted by Crippen LogP contribution is 2.32. The van der Waals surface area contributed by atoms with Crippen LogP contribution < -0.4 is 10.1 Å². The molecule has 0 aliphatic heterocycles. The van der Waals surface area contributed by atoms with E-state index in [0.29, 0.717) is 32.4 Å². The second-order valence-corrected chi connectivity index (χ2v) is 8.36. The molecule has 166 valence electrons. The van der Waals surface area contributed by atoms with Crippen LogP contribution in [0, 0.1) is 0 Å². The van der Waals surface area contributed by atoms with Gasteiger partial charge >= 0.3 is 6.18 Å². The van der Waals surface area contributed by atoms with Crippen LogP contribution in [0.4, 0.5) is 24.0 Å². The Morgan fingerprint density at radius 2 is 2.06 bits per heavy atom. The van der Waals surface area contributed by atoms with E-state index >= 15 is 0 Å². The largest absolute Gasteiger partial charge is 0.492 e. The number of alkyl halides is 3. The van der Waals surface area contributed by atoms with Crippen LogP contribution in [0.1, 0.15) is 12.7 Å². The molecular formula is C19H19F3N4O3S2. The maximum absolute atomic E-state index is 12.9. The SMILES string of the molecule is CCOc1ccccc1Nc1nnc(SCC(=O)N(Cc2ccco2)CC(F)(F)F)s1. The predicted molar refractivity (Wildman–Crippen MR) is 112 cm³/mol. The molecule has 0 unspecified atom stereocenters. The summed E-state index contributed by atoms with van der Waals surface area (Å²) in [6.07, 6.45) is -3.17. The fourth-order valence-electron chi connectivity index (χ4n) is 2.54. The number of carbonyl (C=O) groups excluding carboxylic acids is 1. The van der Waals surface area contributed by atoms with Gasteiger partial charge in [0.05, 0.1) is 30.9 Å². The Morgan fingerprint density at radius 1 is 1.26 bits per heavy atom. The van der Waals surface area contributed by atoms with Gasteiger partial charge in [-0.25, -0.2) is 0 Å². The molecule has 0 aliphatic rings. The average Bonchev–Trinajstić information content (AvgIpc) is 3.38. The van der Waals surface area contributed by atoms with Crippen LogP contribution in [0.3, 0.4) is 0 Å². The average molecular weight is 473 g/mol. The monoisotopic (exact) mass is 472 g/mol. The van der Waals surface area contributed by atoms with Crippen LogP contribution in [0.25, 0.3) is 0 Å². The summed E-state index contributed by atoms with van der Waals surface area (Å²) in [5.41, 5.74) is 0.711. The summed E-state index contributed by atoms with van der Waals surface area (Å²) in [5, 5.41) is 11.6. The minimum Gasteiger partial charge on any atom is -0.492 e. The zero-order valence-corrected chi connectivity index (χ0v) is 18.0. The lowest BCUT2D eigenvalue weighted by atomic mass is 10.3. The topological polar surface area (TPSA) is 80.5 Å². The molecule has 3 rings (SSSR count). The van der Waals surface area contributed by atoms with Gasteiger partial charge < -0.3 is 19.4 Å². The highest BCUT2D eigenvalue weighted by atomic mass is 32.2. The highest BCUT2D eigenvalue weighted by Gasteiger charge is 2.33. The number of carbonyl (C=O) groups is 1. The van der Waals surface area contributed by atoms with Crippen molar-refractivity contribution in [2.24, 2.45) is 0 Å². The van der Waals surface area contributed by atoms with Crippen molar-refractivity contribution >= 4 is 39.8 Å². The van der Waals surface area contributed by atoms with E-state index in [1.165, 1.54) is 23.7 Å². The fourth-order valence-corrected chi connectivity index (χ4v) is 4.21. The third-order valence-corrected chi connectivity index (χ3v) is 5.76. The minimum absolute atomic E-state index is 0.207. The summed E-state index contributed by atoms with van der Waals surface area (Å²) < 4.78 is 49.7. The van der Waals surface area contributed by atoms with E-state index in [4.69, 9.17) is 9.15 Å². The molecule has 0 saturated carbocycles. The molecular weight excluding hydrogens is 453 g/mol. The van der Waals surface area contributed by atoms with Gasteiger partial charge in [-0.05, 0) is 31.2 Å². The smallest absolute Gasteiger partial charge is 0.406 e. The second kappa shape index (κ2) is 10.5. The van der Waals surface area contributed by atoms with E-state index in [-0.39, 0.29) is 18.1 Å². The van der Waals surface area contributed by atoms with E-state index in [1.54, 1.807) is 6.07 Å². The maximum atomic E-state index is 12.9. The molecule has 0 bridgehead atoms. The van der Waals surface area contributed by atoms with Crippen LogP contribution in [-0.4, -0.2) is 46.1 Å². The number of para-hydroxylation sites is 2. The van der Waals surface area contributed by atoms with Gasteiger partial charge in [-0.2, -0.15) is 13.2 Å². The van der Waals surface area contributed by atoms with E-state index < -0.39 is 18.6 Å².